The van der Waals surface area contributed by atoms with Gasteiger partial charge in [0.05, 0.1) is 10.6 Å². The van der Waals surface area contributed by atoms with Crippen LogP contribution in [0.2, 0.25) is 0 Å². The zero-order valence-electron chi connectivity index (χ0n) is 19.8. The summed E-state index contributed by atoms with van der Waals surface area (Å²) in [7, 11) is 0. The molecule has 1 amide bonds. The van der Waals surface area contributed by atoms with Crippen LogP contribution in [0.3, 0.4) is 0 Å². The summed E-state index contributed by atoms with van der Waals surface area (Å²) in [6.45, 7) is 13.0. The van der Waals surface area contributed by atoms with Crippen molar-refractivity contribution in [3.05, 3.63) is 64.6 Å². The van der Waals surface area contributed by atoms with Crippen molar-refractivity contribution in [3.63, 3.8) is 0 Å². The number of amidine groups is 1. The summed E-state index contributed by atoms with van der Waals surface area (Å²) in [4.78, 5) is 23.0. The van der Waals surface area contributed by atoms with Crippen LogP contribution in [-0.4, -0.2) is 34.6 Å². The van der Waals surface area contributed by atoms with E-state index in [4.69, 9.17) is 4.99 Å². The Hall–Kier alpha value is -2.53. The number of hydrogen-bond donors (Lipinski definition) is 0. The zero-order valence-corrected chi connectivity index (χ0v) is 20.6. The smallest absolute Gasteiger partial charge is 0.266 e. The van der Waals surface area contributed by atoms with Gasteiger partial charge in [-0.3, -0.25) is 9.69 Å². The van der Waals surface area contributed by atoms with Gasteiger partial charge in [-0.25, -0.2) is 4.99 Å². The third-order valence-electron chi connectivity index (χ3n) is 6.34. The zero-order chi connectivity index (χ0) is 22.9. The fraction of sp³-hybridized carbons (Fsp3) is 0.407. The second-order valence-electron chi connectivity index (χ2n) is 9.28. The Balaban J connectivity index is 1.67. The largest absolute Gasteiger partial charge is 0.366 e. The average molecular weight is 448 g/mol. The molecule has 2 heterocycles. The van der Waals surface area contributed by atoms with Crippen LogP contribution in [0.25, 0.3) is 6.08 Å². The molecule has 0 radical (unpaired) electrons. The maximum absolute atomic E-state index is 13.2. The first-order valence-electron chi connectivity index (χ1n) is 11.6. The van der Waals surface area contributed by atoms with Crippen LogP contribution in [0.4, 0.5) is 11.4 Å². The van der Waals surface area contributed by atoms with Crippen molar-refractivity contribution in [3.8, 4) is 0 Å². The van der Waals surface area contributed by atoms with Gasteiger partial charge in [0.15, 0.2) is 5.17 Å². The number of nitrogens with zero attached hydrogens (tertiary/aromatic N) is 3. The van der Waals surface area contributed by atoms with E-state index < -0.39 is 0 Å². The lowest BCUT2D eigenvalue weighted by atomic mass is 9.79. The Morgan fingerprint density at radius 2 is 1.91 bits per heavy atom. The van der Waals surface area contributed by atoms with E-state index in [1.165, 1.54) is 23.0 Å². The molecule has 32 heavy (non-hydrogen) atoms. The Bertz CT molecular complexity index is 1060. The van der Waals surface area contributed by atoms with E-state index in [0.717, 1.165) is 40.7 Å². The quantitative estimate of drug-likeness (QED) is 0.472. The lowest BCUT2D eigenvalue weighted by molar-refractivity contribution is -0.122. The number of rotatable bonds is 5. The van der Waals surface area contributed by atoms with Gasteiger partial charge in [-0.2, -0.15) is 0 Å². The standard InChI is InChI=1S/C27H33N3OS/c1-6-15-29-25(31)24(32-26(29)28-21-11-9-8-10-12-21)17-20-13-14-23-22(16-20)19(3)18-27(4,5)30(23)7-2/h8-14,16-17,19H,6-7,15,18H2,1-5H3/b24-17-,28-26?/t19-/m0/s1. The minimum atomic E-state index is 0.0496. The van der Waals surface area contributed by atoms with Crippen molar-refractivity contribution in [2.24, 2.45) is 4.99 Å². The monoisotopic (exact) mass is 447 g/mol. The van der Waals surface area contributed by atoms with Crippen molar-refractivity contribution in [1.29, 1.82) is 0 Å². The molecule has 2 aliphatic rings. The van der Waals surface area contributed by atoms with Crippen LogP contribution >= 0.6 is 11.8 Å². The molecule has 0 bridgehead atoms. The third-order valence-corrected chi connectivity index (χ3v) is 7.35. The van der Waals surface area contributed by atoms with Crippen molar-refractivity contribution < 1.29 is 4.79 Å². The summed E-state index contributed by atoms with van der Waals surface area (Å²) in [5.74, 6) is 0.536. The second-order valence-corrected chi connectivity index (χ2v) is 10.3. The number of thioether (sulfide) groups is 1. The van der Waals surface area contributed by atoms with E-state index in [1.807, 2.05) is 41.3 Å². The highest BCUT2D eigenvalue weighted by molar-refractivity contribution is 8.18. The number of carbonyl (C=O) groups is 1. The van der Waals surface area contributed by atoms with E-state index in [9.17, 15) is 4.79 Å². The number of aliphatic imine (C=N–C) groups is 1. The highest BCUT2D eigenvalue weighted by atomic mass is 32.2. The van der Waals surface area contributed by atoms with E-state index in [0.29, 0.717) is 12.5 Å². The summed E-state index contributed by atoms with van der Waals surface area (Å²) in [6.07, 6.45) is 4.05. The van der Waals surface area contributed by atoms with Gasteiger partial charge in [0.25, 0.3) is 5.91 Å². The molecule has 1 saturated heterocycles. The summed E-state index contributed by atoms with van der Waals surface area (Å²) < 4.78 is 0. The highest BCUT2D eigenvalue weighted by Gasteiger charge is 2.36. The first kappa shape index (κ1) is 22.7. The molecule has 2 aromatic rings. The van der Waals surface area contributed by atoms with E-state index in [1.54, 1.807) is 0 Å². The number of amides is 1. The van der Waals surface area contributed by atoms with Crippen LogP contribution in [0.15, 0.2) is 58.4 Å². The predicted octanol–water partition coefficient (Wildman–Crippen LogP) is 6.81. The number of benzene rings is 2. The molecule has 4 nitrogen and oxygen atoms in total. The van der Waals surface area contributed by atoms with Gasteiger partial charge in [0.1, 0.15) is 0 Å². The van der Waals surface area contributed by atoms with Gasteiger partial charge >= 0.3 is 0 Å². The van der Waals surface area contributed by atoms with Gasteiger partial charge in [0.2, 0.25) is 0 Å². The molecule has 4 rings (SSSR count). The topological polar surface area (TPSA) is 35.9 Å². The van der Waals surface area contributed by atoms with E-state index in [-0.39, 0.29) is 11.4 Å². The minimum absolute atomic E-state index is 0.0496. The highest BCUT2D eigenvalue weighted by Crippen LogP contribution is 2.44. The summed E-state index contributed by atoms with van der Waals surface area (Å²) in [5, 5.41) is 0.763. The number of para-hydroxylation sites is 1. The van der Waals surface area contributed by atoms with Gasteiger partial charge in [0, 0.05) is 24.3 Å². The van der Waals surface area contributed by atoms with Crippen molar-refractivity contribution in [2.45, 2.75) is 58.9 Å². The molecule has 168 valence electrons. The molecule has 0 saturated carbocycles. The van der Waals surface area contributed by atoms with Crippen molar-refractivity contribution in [1.82, 2.24) is 4.90 Å². The summed E-state index contributed by atoms with van der Waals surface area (Å²) in [6, 6.07) is 16.5. The molecule has 2 aliphatic heterocycles. The van der Waals surface area contributed by atoms with Crippen LogP contribution in [0, 0.1) is 0 Å². The number of fused-ring (bicyclic) bond motifs is 1. The molecule has 0 spiro atoms. The van der Waals surface area contributed by atoms with Gasteiger partial charge in [-0.1, -0.05) is 38.1 Å². The molecule has 0 aliphatic carbocycles. The van der Waals surface area contributed by atoms with Crippen LogP contribution in [0.1, 0.15) is 64.5 Å². The van der Waals surface area contributed by atoms with E-state index >= 15 is 0 Å². The second kappa shape index (κ2) is 9.14. The maximum Gasteiger partial charge on any atom is 0.266 e. The molecular weight excluding hydrogens is 414 g/mol. The fourth-order valence-electron chi connectivity index (χ4n) is 4.97. The average Bonchev–Trinajstić information content (AvgIpc) is 3.03. The Kier molecular flexibility index (Phi) is 6.47. The Morgan fingerprint density at radius 1 is 1.16 bits per heavy atom. The number of hydrogen-bond acceptors (Lipinski definition) is 4. The van der Waals surface area contributed by atoms with Crippen LogP contribution < -0.4 is 4.90 Å². The van der Waals surface area contributed by atoms with Crippen molar-refractivity contribution in [2.75, 3.05) is 18.0 Å². The molecule has 0 unspecified atom stereocenters. The molecule has 1 fully saturated rings. The molecule has 0 N–H and O–H groups in total. The van der Waals surface area contributed by atoms with Crippen LogP contribution in [-0.2, 0) is 4.79 Å². The van der Waals surface area contributed by atoms with Crippen LogP contribution in [0.5, 0.6) is 0 Å². The summed E-state index contributed by atoms with van der Waals surface area (Å²) >= 11 is 1.48. The Morgan fingerprint density at radius 3 is 2.59 bits per heavy atom. The molecule has 1 atom stereocenters. The van der Waals surface area contributed by atoms with Crippen molar-refractivity contribution >= 4 is 40.3 Å². The molecule has 0 aromatic heterocycles. The first-order chi connectivity index (χ1) is 15.3. The molecular formula is C27H33N3OS. The lowest BCUT2D eigenvalue weighted by Crippen LogP contribution is -2.48. The predicted molar refractivity (Wildman–Crippen MR) is 138 cm³/mol. The van der Waals surface area contributed by atoms with E-state index in [2.05, 4.69) is 57.7 Å². The molecule has 2 aromatic carbocycles. The van der Waals surface area contributed by atoms with Gasteiger partial charge in [-0.15, -0.1) is 0 Å². The SMILES string of the molecule is CCCN1C(=O)/C(=C/c2ccc3c(c2)[C@@H](C)CC(C)(C)N3CC)SC1=Nc1ccccc1. The first-order valence-corrected chi connectivity index (χ1v) is 12.4. The van der Waals surface area contributed by atoms with Gasteiger partial charge in [-0.05, 0) is 92.8 Å². The fourth-order valence-corrected chi connectivity index (χ4v) is 6.00. The minimum Gasteiger partial charge on any atom is -0.366 e. The maximum atomic E-state index is 13.2. The normalized spacial score (nSPS) is 22.7. The lowest BCUT2D eigenvalue weighted by Gasteiger charge is -2.47. The molecule has 5 heteroatoms. The van der Waals surface area contributed by atoms with Gasteiger partial charge < -0.3 is 4.90 Å². The summed E-state index contributed by atoms with van der Waals surface area (Å²) in [5.41, 5.74) is 4.80. The third kappa shape index (κ3) is 4.36. The number of carbonyl (C=O) groups excluding carboxylic acids is 1. The number of anilines is 1. The Labute approximate surface area is 196 Å².